The Labute approximate surface area is 111 Å². The number of nitrogen functional groups attached to an aromatic ring is 1. The maximum absolute atomic E-state index is 12.0. The number of carbonyl (C=O) groups excluding carboxylic acids is 1. The highest BCUT2D eigenvalue weighted by atomic mass is 79.9. The minimum Gasteiger partial charge on any atom is -0.398 e. The van der Waals surface area contributed by atoms with E-state index in [1.165, 1.54) is 0 Å². The summed E-state index contributed by atoms with van der Waals surface area (Å²) in [5.41, 5.74) is 6.95. The third kappa shape index (κ3) is 3.73. The molecule has 0 radical (unpaired) electrons. The molecule has 0 aromatic heterocycles. The molecule has 0 saturated carbocycles. The topological polar surface area (TPSA) is 55.1 Å². The third-order valence-electron chi connectivity index (χ3n) is 2.82. The fourth-order valence-corrected chi connectivity index (χ4v) is 2.04. The van der Waals surface area contributed by atoms with Crippen LogP contribution < -0.4 is 11.1 Å². The van der Waals surface area contributed by atoms with Crippen LogP contribution in [0.3, 0.4) is 0 Å². The maximum atomic E-state index is 12.0. The molecular formula is C13H19BrN2O. The number of amides is 1. The van der Waals surface area contributed by atoms with Crippen molar-refractivity contribution in [3.63, 3.8) is 0 Å². The number of carbonyl (C=O) groups is 1. The van der Waals surface area contributed by atoms with Crippen LogP contribution in [0.2, 0.25) is 0 Å². The zero-order chi connectivity index (χ0) is 13.0. The fraction of sp³-hybridized carbons (Fsp3) is 0.462. The van der Waals surface area contributed by atoms with Gasteiger partial charge in [0.1, 0.15) is 0 Å². The van der Waals surface area contributed by atoms with E-state index in [9.17, 15) is 4.79 Å². The average molecular weight is 299 g/mol. The van der Waals surface area contributed by atoms with Gasteiger partial charge in [-0.05, 0) is 46.5 Å². The van der Waals surface area contributed by atoms with E-state index in [4.69, 9.17) is 5.73 Å². The predicted octanol–water partition coefficient (Wildman–Crippen LogP) is 3.20. The van der Waals surface area contributed by atoms with Crippen LogP contribution in [0.4, 0.5) is 5.69 Å². The van der Waals surface area contributed by atoms with Gasteiger partial charge >= 0.3 is 0 Å². The van der Waals surface area contributed by atoms with Gasteiger partial charge in [-0.1, -0.05) is 20.8 Å². The lowest BCUT2D eigenvalue weighted by Gasteiger charge is -2.20. The average Bonchev–Trinajstić information content (AvgIpc) is 2.28. The van der Waals surface area contributed by atoms with Crippen molar-refractivity contribution in [3.05, 3.63) is 28.2 Å². The number of nitrogens with two attached hydrogens (primary N) is 1. The SMILES string of the molecule is CCC(NC(=O)c1ccc(N)c(Br)c1)C(C)C. The van der Waals surface area contributed by atoms with Crippen molar-refractivity contribution in [2.75, 3.05) is 5.73 Å². The Morgan fingerprint density at radius 1 is 1.47 bits per heavy atom. The highest BCUT2D eigenvalue weighted by Gasteiger charge is 2.15. The lowest BCUT2D eigenvalue weighted by atomic mass is 10.0. The summed E-state index contributed by atoms with van der Waals surface area (Å²) in [5.74, 6) is 0.382. The van der Waals surface area contributed by atoms with Gasteiger partial charge in [-0.2, -0.15) is 0 Å². The Morgan fingerprint density at radius 3 is 2.59 bits per heavy atom. The normalized spacial score (nSPS) is 12.5. The van der Waals surface area contributed by atoms with Gasteiger partial charge < -0.3 is 11.1 Å². The first-order chi connectivity index (χ1) is 7.95. The number of anilines is 1. The molecule has 0 aliphatic rings. The van der Waals surface area contributed by atoms with Crippen LogP contribution >= 0.6 is 15.9 Å². The lowest BCUT2D eigenvalue weighted by Crippen LogP contribution is -2.38. The molecule has 0 saturated heterocycles. The van der Waals surface area contributed by atoms with Crippen molar-refractivity contribution in [2.45, 2.75) is 33.2 Å². The van der Waals surface area contributed by atoms with Crippen molar-refractivity contribution in [1.29, 1.82) is 0 Å². The molecule has 0 aliphatic carbocycles. The molecule has 94 valence electrons. The first kappa shape index (κ1) is 14.0. The zero-order valence-electron chi connectivity index (χ0n) is 10.5. The zero-order valence-corrected chi connectivity index (χ0v) is 12.0. The van der Waals surface area contributed by atoms with Crippen LogP contribution in [0.25, 0.3) is 0 Å². The molecule has 1 unspecified atom stereocenters. The van der Waals surface area contributed by atoms with Gasteiger partial charge in [-0.3, -0.25) is 4.79 Å². The number of hydrogen-bond acceptors (Lipinski definition) is 2. The van der Waals surface area contributed by atoms with Gasteiger partial charge in [0.15, 0.2) is 0 Å². The number of benzene rings is 1. The summed E-state index contributed by atoms with van der Waals surface area (Å²) >= 11 is 3.32. The monoisotopic (exact) mass is 298 g/mol. The van der Waals surface area contributed by atoms with Crippen molar-refractivity contribution in [3.8, 4) is 0 Å². The first-order valence-electron chi connectivity index (χ1n) is 5.81. The van der Waals surface area contributed by atoms with Gasteiger partial charge in [-0.15, -0.1) is 0 Å². The molecule has 0 bridgehead atoms. The van der Waals surface area contributed by atoms with E-state index < -0.39 is 0 Å². The molecule has 0 fully saturated rings. The molecule has 1 aromatic rings. The van der Waals surface area contributed by atoms with Gasteiger partial charge in [0.25, 0.3) is 5.91 Å². The number of hydrogen-bond donors (Lipinski definition) is 2. The van der Waals surface area contributed by atoms with Crippen LogP contribution in [0.15, 0.2) is 22.7 Å². The molecule has 1 aromatic carbocycles. The molecule has 0 heterocycles. The highest BCUT2D eigenvalue weighted by molar-refractivity contribution is 9.10. The standard InChI is InChI=1S/C13H19BrN2O/c1-4-12(8(2)3)16-13(17)9-5-6-11(15)10(14)7-9/h5-8,12H,4,15H2,1-3H3,(H,16,17). The number of halogens is 1. The minimum atomic E-state index is -0.0498. The van der Waals surface area contributed by atoms with E-state index in [0.717, 1.165) is 10.9 Å². The third-order valence-corrected chi connectivity index (χ3v) is 3.51. The van der Waals surface area contributed by atoms with E-state index in [-0.39, 0.29) is 11.9 Å². The van der Waals surface area contributed by atoms with Gasteiger partial charge in [0, 0.05) is 21.8 Å². The Kier molecular flexibility index (Phi) is 5.00. The van der Waals surface area contributed by atoms with Crippen LogP contribution in [0.5, 0.6) is 0 Å². The Hall–Kier alpha value is -1.03. The second-order valence-electron chi connectivity index (χ2n) is 4.47. The van der Waals surface area contributed by atoms with Crippen LogP contribution in [-0.2, 0) is 0 Å². The van der Waals surface area contributed by atoms with Crippen molar-refractivity contribution < 1.29 is 4.79 Å². The predicted molar refractivity (Wildman–Crippen MR) is 74.9 cm³/mol. The van der Waals surface area contributed by atoms with E-state index in [1.807, 2.05) is 0 Å². The van der Waals surface area contributed by atoms with Gasteiger partial charge in [0.2, 0.25) is 0 Å². The second-order valence-corrected chi connectivity index (χ2v) is 5.32. The molecule has 1 rings (SSSR count). The summed E-state index contributed by atoms with van der Waals surface area (Å²) in [5, 5.41) is 3.03. The Morgan fingerprint density at radius 2 is 2.12 bits per heavy atom. The fourth-order valence-electron chi connectivity index (χ4n) is 1.66. The second kappa shape index (κ2) is 6.05. The first-order valence-corrected chi connectivity index (χ1v) is 6.60. The smallest absolute Gasteiger partial charge is 0.251 e. The summed E-state index contributed by atoms with van der Waals surface area (Å²) in [7, 11) is 0. The van der Waals surface area contributed by atoms with Crippen LogP contribution in [0.1, 0.15) is 37.6 Å². The molecule has 1 amide bonds. The molecule has 1 atom stereocenters. The molecule has 0 spiro atoms. The quantitative estimate of drug-likeness (QED) is 0.839. The van der Waals surface area contributed by atoms with Gasteiger partial charge in [0.05, 0.1) is 0 Å². The van der Waals surface area contributed by atoms with E-state index >= 15 is 0 Å². The number of nitrogens with one attached hydrogen (secondary N) is 1. The largest absolute Gasteiger partial charge is 0.398 e. The summed E-state index contributed by atoms with van der Waals surface area (Å²) in [6.45, 7) is 6.28. The van der Waals surface area contributed by atoms with Gasteiger partial charge in [-0.25, -0.2) is 0 Å². The van der Waals surface area contributed by atoms with Crippen LogP contribution in [-0.4, -0.2) is 11.9 Å². The molecule has 17 heavy (non-hydrogen) atoms. The summed E-state index contributed by atoms with van der Waals surface area (Å²) in [6, 6.07) is 5.43. The summed E-state index contributed by atoms with van der Waals surface area (Å²) < 4.78 is 0.753. The molecule has 0 aliphatic heterocycles. The van der Waals surface area contributed by atoms with Crippen LogP contribution in [0, 0.1) is 5.92 Å². The molecular weight excluding hydrogens is 280 g/mol. The molecule has 4 heteroatoms. The van der Waals surface area contributed by atoms with Crippen molar-refractivity contribution >= 4 is 27.5 Å². The van der Waals surface area contributed by atoms with E-state index in [2.05, 4.69) is 42.0 Å². The van der Waals surface area contributed by atoms with E-state index in [1.54, 1.807) is 18.2 Å². The Bertz CT molecular complexity index is 404. The Balaban J connectivity index is 2.79. The molecule has 3 N–H and O–H groups in total. The summed E-state index contributed by atoms with van der Waals surface area (Å²) in [6.07, 6.45) is 0.930. The number of rotatable bonds is 4. The summed E-state index contributed by atoms with van der Waals surface area (Å²) in [4.78, 5) is 12.0. The minimum absolute atomic E-state index is 0.0498. The molecule has 3 nitrogen and oxygen atoms in total. The maximum Gasteiger partial charge on any atom is 0.251 e. The van der Waals surface area contributed by atoms with Crippen molar-refractivity contribution in [1.82, 2.24) is 5.32 Å². The van der Waals surface area contributed by atoms with E-state index in [0.29, 0.717) is 17.2 Å². The lowest BCUT2D eigenvalue weighted by molar-refractivity contribution is 0.0924. The van der Waals surface area contributed by atoms with Crippen molar-refractivity contribution in [2.24, 2.45) is 5.92 Å². The highest BCUT2D eigenvalue weighted by Crippen LogP contribution is 2.20.